The van der Waals surface area contributed by atoms with Crippen LogP contribution in [-0.2, 0) is 0 Å². The Balaban J connectivity index is 2.31. The highest BCUT2D eigenvalue weighted by Crippen LogP contribution is 2.37. The Kier molecular flexibility index (Phi) is 7.06. The molecule has 0 N–H and O–H groups in total. The molecule has 0 radical (unpaired) electrons. The summed E-state index contributed by atoms with van der Waals surface area (Å²) in [6.07, 6.45) is 7.53. The summed E-state index contributed by atoms with van der Waals surface area (Å²) < 4.78 is 24.3. The van der Waals surface area contributed by atoms with Gasteiger partial charge in [-0.25, -0.2) is 8.78 Å². The molecule has 0 aromatic heterocycles. The molecular formula is C15H28F2. The minimum atomic E-state index is -2.11. The lowest BCUT2D eigenvalue weighted by atomic mass is 9.73. The summed E-state index contributed by atoms with van der Waals surface area (Å²) in [5, 5.41) is 0. The van der Waals surface area contributed by atoms with Gasteiger partial charge in [0, 0.05) is 6.42 Å². The van der Waals surface area contributed by atoms with E-state index in [1.54, 1.807) is 0 Å². The highest BCUT2D eigenvalue weighted by molar-refractivity contribution is 4.76. The van der Waals surface area contributed by atoms with Crippen LogP contribution in [0.4, 0.5) is 8.78 Å². The third-order valence-electron chi connectivity index (χ3n) is 4.38. The van der Waals surface area contributed by atoms with Crippen molar-refractivity contribution in [3.05, 3.63) is 0 Å². The molecule has 0 aromatic rings. The maximum absolute atomic E-state index is 12.2. The van der Waals surface area contributed by atoms with Crippen LogP contribution in [0.2, 0.25) is 0 Å². The standard InChI is InChI=1S/C15H28F2/c1-3-5-13(6-4-7-15(16)17)14-10-8-12(2)9-11-14/h12-15H,3-11H2,1-2H3. The van der Waals surface area contributed by atoms with Crippen molar-refractivity contribution in [3.8, 4) is 0 Å². The maximum Gasteiger partial charge on any atom is 0.238 e. The Labute approximate surface area is 105 Å². The monoisotopic (exact) mass is 246 g/mol. The molecule has 1 rings (SSSR count). The molecule has 1 atom stereocenters. The predicted molar refractivity (Wildman–Crippen MR) is 69.4 cm³/mol. The number of alkyl halides is 2. The van der Waals surface area contributed by atoms with Crippen molar-refractivity contribution in [2.75, 3.05) is 0 Å². The van der Waals surface area contributed by atoms with Gasteiger partial charge in [-0.05, 0) is 43.4 Å². The van der Waals surface area contributed by atoms with E-state index in [-0.39, 0.29) is 6.42 Å². The van der Waals surface area contributed by atoms with Gasteiger partial charge in [0.05, 0.1) is 0 Å². The highest BCUT2D eigenvalue weighted by Gasteiger charge is 2.25. The number of hydrogen-bond donors (Lipinski definition) is 0. The van der Waals surface area contributed by atoms with Gasteiger partial charge in [0.1, 0.15) is 0 Å². The van der Waals surface area contributed by atoms with Gasteiger partial charge in [-0.1, -0.05) is 39.5 Å². The van der Waals surface area contributed by atoms with Gasteiger partial charge in [-0.3, -0.25) is 0 Å². The van der Waals surface area contributed by atoms with Crippen LogP contribution in [0, 0.1) is 17.8 Å². The van der Waals surface area contributed by atoms with Crippen molar-refractivity contribution in [2.24, 2.45) is 17.8 Å². The van der Waals surface area contributed by atoms with Crippen LogP contribution in [0.3, 0.4) is 0 Å². The highest BCUT2D eigenvalue weighted by atomic mass is 19.3. The van der Waals surface area contributed by atoms with E-state index >= 15 is 0 Å². The van der Waals surface area contributed by atoms with E-state index in [9.17, 15) is 8.78 Å². The molecule has 0 amide bonds. The summed E-state index contributed by atoms with van der Waals surface area (Å²) in [5.41, 5.74) is 0. The molecule has 102 valence electrons. The molecule has 0 bridgehead atoms. The Bertz CT molecular complexity index is 183. The number of rotatable bonds is 7. The van der Waals surface area contributed by atoms with E-state index in [1.807, 2.05) is 0 Å². The maximum atomic E-state index is 12.2. The van der Waals surface area contributed by atoms with E-state index in [1.165, 1.54) is 38.5 Å². The summed E-state index contributed by atoms with van der Waals surface area (Å²) >= 11 is 0. The summed E-state index contributed by atoms with van der Waals surface area (Å²) in [5.74, 6) is 2.42. The molecule has 0 aliphatic heterocycles. The van der Waals surface area contributed by atoms with Gasteiger partial charge in [-0.15, -0.1) is 0 Å². The normalized spacial score (nSPS) is 27.4. The lowest BCUT2D eigenvalue weighted by Gasteiger charge is -2.33. The van der Waals surface area contributed by atoms with Crippen LogP contribution in [-0.4, -0.2) is 6.43 Å². The smallest absolute Gasteiger partial charge is 0.211 e. The minimum Gasteiger partial charge on any atom is -0.211 e. The first-order chi connectivity index (χ1) is 8.13. The summed E-state index contributed by atoms with van der Waals surface area (Å²) in [6.45, 7) is 4.55. The zero-order valence-electron chi connectivity index (χ0n) is 11.4. The van der Waals surface area contributed by atoms with Gasteiger partial charge in [-0.2, -0.15) is 0 Å². The zero-order chi connectivity index (χ0) is 12.7. The lowest BCUT2D eigenvalue weighted by molar-refractivity contribution is 0.124. The van der Waals surface area contributed by atoms with E-state index in [4.69, 9.17) is 0 Å². The van der Waals surface area contributed by atoms with Gasteiger partial charge < -0.3 is 0 Å². The topological polar surface area (TPSA) is 0 Å². The number of halogens is 2. The molecule has 1 saturated carbocycles. The molecule has 2 heteroatoms. The second kappa shape index (κ2) is 8.05. The fraction of sp³-hybridized carbons (Fsp3) is 1.00. The molecule has 0 aromatic carbocycles. The molecule has 1 aliphatic carbocycles. The van der Waals surface area contributed by atoms with Crippen molar-refractivity contribution < 1.29 is 8.78 Å². The molecular weight excluding hydrogens is 218 g/mol. The van der Waals surface area contributed by atoms with E-state index in [0.29, 0.717) is 12.3 Å². The largest absolute Gasteiger partial charge is 0.238 e. The zero-order valence-corrected chi connectivity index (χ0v) is 11.4. The van der Waals surface area contributed by atoms with Crippen molar-refractivity contribution in [3.63, 3.8) is 0 Å². The third-order valence-corrected chi connectivity index (χ3v) is 4.38. The predicted octanol–water partition coefficient (Wildman–Crippen LogP) is 5.66. The van der Waals surface area contributed by atoms with Crippen molar-refractivity contribution in [2.45, 2.75) is 78.1 Å². The molecule has 1 fully saturated rings. The molecule has 0 spiro atoms. The van der Waals surface area contributed by atoms with E-state index in [2.05, 4.69) is 13.8 Å². The Morgan fingerprint density at radius 2 is 1.65 bits per heavy atom. The Hall–Kier alpha value is -0.140. The third kappa shape index (κ3) is 5.83. The van der Waals surface area contributed by atoms with Crippen molar-refractivity contribution in [1.29, 1.82) is 0 Å². The SMILES string of the molecule is CCCC(CCCC(F)F)C1CCC(C)CC1. The average Bonchev–Trinajstić information content (AvgIpc) is 2.29. The van der Waals surface area contributed by atoms with Gasteiger partial charge in [0.2, 0.25) is 6.43 Å². The first-order valence-corrected chi connectivity index (χ1v) is 7.41. The van der Waals surface area contributed by atoms with Crippen LogP contribution >= 0.6 is 0 Å². The molecule has 1 aliphatic rings. The average molecular weight is 246 g/mol. The number of hydrogen-bond acceptors (Lipinski definition) is 0. The molecule has 0 nitrogen and oxygen atoms in total. The fourth-order valence-electron chi connectivity index (χ4n) is 3.28. The molecule has 0 saturated heterocycles. The Morgan fingerprint density at radius 1 is 1.00 bits per heavy atom. The van der Waals surface area contributed by atoms with Crippen molar-refractivity contribution >= 4 is 0 Å². The molecule has 1 unspecified atom stereocenters. The fourth-order valence-corrected chi connectivity index (χ4v) is 3.28. The van der Waals surface area contributed by atoms with E-state index < -0.39 is 6.43 Å². The summed E-state index contributed by atoms with van der Waals surface area (Å²) in [7, 11) is 0. The van der Waals surface area contributed by atoms with Crippen molar-refractivity contribution in [1.82, 2.24) is 0 Å². The van der Waals surface area contributed by atoms with Crippen LogP contribution in [0.1, 0.15) is 71.6 Å². The quantitative estimate of drug-likeness (QED) is 0.543. The first-order valence-electron chi connectivity index (χ1n) is 7.41. The van der Waals surface area contributed by atoms with Gasteiger partial charge in [0.25, 0.3) is 0 Å². The minimum absolute atomic E-state index is 0.101. The van der Waals surface area contributed by atoms with Crippen LogP contribution in [0.25, 0.3) is 0 Å². The molecule has 17 heavy (non-hydrogen) atoms. The van der Waals surface area contributed by atoms with Gasteiger partial charge in [0.15, 0.2) is 0 Å². The first kappa shape index (κ1) is 14.9. The van der Waals surface area contributed by atoms with Crippen LogP contribution < -0.4 is 0 Å². The van der Waals surface area contributed by atoms with E-state index in [0.717, 1.165) is 18.3 Å². The van der Waals surface area contributed by atoms with Gasteiger partial charge >= 0.3 is 0 Å². The van der Waals surface area contributed by atoms with Crippen LogP contribution in [0.5, 0.6) is 0 Å². The Morgan fingerprint density at radius 3 is 2.18 bits per heavy atom. The summed E-state index contributed by atoms with van der Waals surface area (Å²) in [6, 6.07) is 0. The lowest BCUT2D eigenvalue weighted by Crippen LogP contribution is -2.21. The van der Waals surface area contributed by atoms with Crippen LogP contribution in [0.15, 0.2) is 0 Å². The second-order valence-electron chi connectivity index (χ2n) is 5.89. The second-order valence-corrected chi connectivity index (χ2v) is 5.89. The molecule has 0 heterocycles. The summed E-state index contributed by atoms with van der Waals surface area (Å²) in [4.78, 5) is 0.